The number of hydrogen-bond acceptors (Lipinski definition) is 3. The van der Waals surface area contributed by atoms with Crippen LogP contribution in [0.4, 0.5) is 4.39 Å². The molecule has 3 aromatic heterocycles. The molecule has 3 heterocycles. The van der Waals surface area contributed by atoms with E-state index in [2.05, 4.69) is 38.4 Å². The Hall–Kier alpha value is -3.31. The number of rotatable bonds is 6. The standard InChI is InChI=1S/C30H31FN2OS/c1-8-18(4)19(5)13-22-15-28(35-27(22)9-2)23-16-33(25-11-10-17(3)12-24(25)31)26-14-20(6)21(7)32-29(26)30(23)34/h9-16,18H,2,8H2,1,3-7H3/b19-13-. The summed E-state index contributed by atoms with van der Waals surface area (Å²) in [5.74, 6) is 0.124. The van der Waals surface area contributed by atoms with E-state index < -0.39 is 0 Å². The lowest BCUT2D eigenvalue weighted by molar-refractivity contribution is 0.618. The normalized spacial score (nSPS) is 12.8. The average Bonchev–Trinajstić information content (AvgIpc) is 3.23. The van der Waals surface area contributed by atoms with Gasteiger partial charge in [0.2, 0.25) is 5.43 Å². The lowest BCUT2D eigenvalue weighted by Crippen LogP contribution is -2.14. The quantitative estimate of drug-likeness (QED) is 0.275. The molecule has 4 aromatic rings. The summed E-state index contributed by atoms with van der Waals surface area (Å²) in [6.07, 6.45) is 6.82. The SMILES string of the molecule is C=Cc1sc(-c2cn(-c3ccc(C)cc3F)c3cc(C)c(C)nc3c2=O)cc1/C=C(/C)C(C)CC. The molecular weight excluding hydrogens is 455 g/mol. The Labute approximate surface area is 210 Å². The number of aryl methyl sites for hydroxylation is 3. The maximum Gasteiger partial charge on any atom is 0.216 e. The van der Waals surface area contributed by atoms with Crippen molar-refractivity contribution in [1.82, 2.24) is 9.55 Å². The molecule has 1 aromatic carbocycles. The Balaban J connectivity index is 2.03. The van der Waals surface area contributed by atoms with Crippen LogP contribution in [0.15, 0.2) is 53.5 Å². The highest BCUT2D eigenvalue weighted by atomic mass is 32.1. The number of pyridine rings is 2. The van der Waals surface area contributed by atoms with E-state index in [1.165, 1.54) is 23.0 Å². The first kappa shape index (κ1) is 24.8. The van der Waals surface area contributed by atoms with E-state index >= 15 is 4.39 Å². The maximum absolute atomic E-state index is 15.1. The van der Waals surface area contributed by atoms with E-state index in [9.17, 15) is 4.79 Å². The van der Waals surface area contributed by atoms with E-state index in [0.29, 0.717) is 28.2 Å². The van der Waals surface area contributed by atoms with Crippen LogP contribution < -0.4 is 5.43 Å². The van der Waals surface area contributed by atoms with E-state index in [-0.39, 0.29) is 11.2 Å². The molecule has 180 valence electrons. The average molecular weight is 487 g/mol. The first-order valence-electron chi connectivity index (χ1n) is 11.9. The van der Waals surface area contributed by atoms with Crippen LogP contribution in [0.2, 0.25) is 0 Å². The summed E-state index contributed by atoms with van der Waals surface area (Å²) < 4.78 is 16.9. The van der Waals surface area contributed by atoms with Gasteiger partial charge in [-0.3, -0.25) is 4.79 Å². The van der Waals surface area contributed by atoms with E-state index in [1.807, 2.05) is 45.0 Å². The van der Waals surface area contributed by atoms with Crippen molar-refractivity contribution in [3.05, 3.63) is 92.0 Å². The first-order valence-corrected chi connectivity index (χ1v) is 12.7. The summed E-state index contributed by atoms with van der Waals surface area (Å²) in [5.41, 5.74) is 6.56. The second-order valence-electron chi connectivity index (χ2n) is 9.29. The molecule has 0 aliphatic heterocycles. The molecule has 0 N–H and O–H groups in total. The Kier molecular flexibility index (Phi) is 6.91. The fraction of sp³-hybridized carbons (Fsp3) is 0.267. The fourth-order valence-corrected chi connectivity index (χ4v) is 5.14. The van der Waals surface area contributed by atoms with Crippen LogP contribution in [-0.4, -0.2) is 9.55 Å². The number of halogens is 1. The summed E-state index contributed by atoms with van der Waals surface area (Å²) >= 11 is 1.52. The largest absolute Gasteiger partial charge is 0.311 e. The zero-order chi connectivity index (χ0) is 25.4. The molecular formula is C30H31FN2OS. The molecule has 0 radical (unpaired) electrons. The number of allylic oxidation sites excluding steroid dienone is 1. The van der Waals surface area contributed by atoms with Gasteiger partial charge in [0.1, 0.15) is 11.3 Å². The van der Waals surface area contributed by atoms with Gasteiger partial charge in [-0.2, -0.15) is 0 Å². The van der Waals surface area contributed by atoms with Crippen molar-refractivity contribution in [2.45, 2.75) is 48.0 Å². The van der Waals surface area contributed by atoms with Gasteiger partial charge in [0.25, 0.3) is 0 Å². The van der Waals surface area contributed by atoms with Gasteiger partial charge < -0.3 is 4.57 Å². The smallest absolute Gasteiger partial charge is 0.216 e. The van der Waals surface area contributed by atoms with Crippen LogP contribution in [0.25, 0.3) is 39.3 Å². The highest BCUT2D eigenvalue weighted by Gasteiger charge is 2.19. The second kappa shape index (κ2) is 9.74. The van der Waals surface area contributed by atoms with Gasteiger partial charge in [-0.1, -0.05) is 44.2 Å². The number of thiophene rings is 1. The van der Waals surface area contributed by atoms with Gasteiger partial charge in [0, 0.05) is 21.6 Å². The van der Waals surface area contributed by atoms with Crippen molar-refractivity contribution in [1.29, 1.82) is 0 Å². The minimum absolute atomic E-state index is 0.155. The third-order valence-corrected chi connectivity index (χ3v) is 7.98. The van der Waals surface area contributed by atoms with Crippen molar-refractivity contribution in [3.63, 3.8) is 0 Å². The summed E-state index contributed by atoms with van der Waals surface area (Å²) in [7, 11) is 0. The topological polar surface area (TPSA) is 34.9 Å². The minimum Gasteiger partial charge on any atom is -0.311 e. The molecule has 0 spiro atoms. The van der Waals surface area contributed by atoms with Crippen molar-refractivity contribution < 1.29 is 4.39 Å². The molecule has 0 amide bonds. The second-order valence-corrected chi connectivity index (χ2v) is 10.4. The van der Waals surface area contributed by atoms with Crippen molar-refractivity contribution in [2.24, 2.45) is 5.92 Å². The predicted molar refractivity (Wildman–Crippen MR) is 148 cm³/mol. The Morgan fingerprint density at radius 2 is 1.97 bits per heavy atom. The minimum atomic E-state index is -0.343. The highest BCUT2D eigenvalue weighted by molar-refractivity contribution is 7.16. The fourth-order valence-electron chi connectivity index (χ4n) is 4.14. The number of benzene rings is 1. The Morgan fingerprint density at radius 3 is 2.63 bits per heavy atom. The summed E-state index contributed by atoms with van der Waals surface area (Å²) in [4.78, 5) is 20.2. The number of hydrogen-bond donors (Lipinski definition) is 0. The molecule has 0 bridgehead atoms. The molecule has 0 aliphatic rings. The van der Waals surface area contributed by atoms with Crippen molar-refractivity contribution in [2.75, 3.05) is 0 Å². The lowest BCUT2D eigenvalue weighted by atomic mass is 9.98. The van der Waals surface area contributed by atoms with Crippen LogP contribution in [0.1, 0.15) is 54.5 Å². The zero-order valence-corrected chi connectivity index (χ0v) is 22.0. The van der Waals surface area contributed by atoms with E-state index in [4.69, 9.17) is 0 Å². The summed E-state index contributed by atoms with van der Waals surface area (Å²) in [5, 5.41) is 0. The third-order valence-electron chi connectivity index (χ3n) is 6.80. The molecule has 0 aliphatic carbocycles. The number of fused-ring (bicyclic) bond motifs is 1. The molecule has 1 atom stereocenters. The maximum atomic E-state index is 15.1. The number of nitrogens with zero attached hydrogens (tertiary/aromatic N) is 2. The predicted octanol–water partition coefficient (Wildman–Crippen LogP) is 8.27. The van der Waals surface area contributed by atoms with Crippen molar-refractivity contribution >= 4 is 34.5 Å². The summed E-state index contributed by atoms with van der Waals surface area (Å²) in [6, 6.07) is 9.08. The first-order chi connectivity index (χ1) is 16.6. The van der Waals surface area contributed by atoms with Crippen LogP contribution >= 0.6 is 11.3 Å². The molecule has 1 unspecified atom stereocenters. The van der Waals surface area contributed by atoms with Gasteiger partial charge >= 0.3 is 0 Å². The summed E-state index contributed by atoms with van der Waals surface area (Å²) in [6.45, 7) is 16.2. The van der Waals surface area contributed by atoms with E-state index in [1.54, 1.807) is 16.8 Å². The van der Waals surface area contributed by atoms with Gasteiger partial charge in [-0.25, -0.2) is 9.37 Å². The van der Waals surface area contributed by atoms with Gasteiger partial charge in [0.15, 0.2) is 0 Å². The molecule has 5 heteroatoms. The zero-order valence-electron chi connectivity index (χ0n) is 21.2. The van der Waals surface area contributed by atoms with Gasteiger partial charge in [0.05, 0.1) is 16.8 Å². The van der Waals surface area contributed by atoms with Crippen LogP contribution in [0, 0.1) is 32.5 Å². The van der Waals surface area contributed by atoms with Gasteiger partial charge in [-0.05, 0) is 81.0 Å². The molecule has 0 saturated heterocycles. The van der Waals surface area contributed by atoms with Crippen LogP contribution in [-0.2, 0) is 0 Å². The molecule has 0 fully saturated rings. The Morgan fingerprint density at radius 1 is 1.23 bits per heavy atom. The molecule has 3 nitrogen and oxygen atoms in total. The van der Waals surface area contributed by atoms with Gasteiger partial charge in [-0.15, -0.1) is 11.3 Å². The third kappa shape index (κ3) is 4.65. The monoisotopic (exact) mass is 486 g/mol. The highest BCUT2D eigenvalue weighted by Crippen LogP contribution is 2.34. The Bertz CT molecular complexity index is 1540. The molecule has 4 rings (SSSR count). The lowest BCUT2D eigenvalue weighted by Gasteiger charge is -2.15. The van der Waals surface area contributed by atoms with E-state index in [0.717, 1.165) is 38.6 Å². The number of aromatic nitrogens is 2. The molecule has 35 heavy (non-hydrogen) atoms. The molecule has 0 saturated carbocycles. The van der Waals surface area contributed by atoms with Crippen LogP contribution in [0.3, 0.4) is 0 Å². The van der Waals surface area contributed by atoms with Crippen molar-refractivity contribution in [3.8, 4) is 16.1 Å². The van der Waals surface area contributed by atoms with Crippen LogP contribution in [0.5, 0.6) is 0 Å².